The summed E-state index contributed by atoms with van der Waals surface area (Å²) in [6, 6.07) is 0. The van der Waals surface area contributed by atoms with Gasteiger partial charge in [-0.3, -0.25) is 9.80 Å². The van der Waals surface area contributed by atoms with Crippen molar-refractivity contribution in [3.8, 4) is 0 Å². The van der Waals surface area contributed by atoms with Crippen molar-refractivity contribution in [1.82, 2.24) is 9.80 Å². The Balaban J connectivity index is 0.000000270. The van der Waals surface area contributed by atoms with Crippen molar-refractivity contribution in [3.05, 3.63) is 0 Å². The number of hydrogen-bond acceptors (Lipinski definition) is 4. The first-order valence-electron chi connectivity index (χ1n) is 6.17. The molecule has 0 unspecified atom stereocenters. The average Bonchev–Trinajstić information content (AvgIpc) is 2.36. The zero-order valence-electron chi connectivity index (χ0n) is 11.0. The molecule has 2 saturated heterocycles. The molecule has 0 bridgehead atoms. The van der Waals surface area contributed by atoms with E-state index in [9.17, 15) is 29.6 Å². The van der Waals surface area contributed by atoms with E-state index in [-0.39, 0.29) is 0 Å². The predicted molar refractivity (Wildman–Crippen MR) is 63.2 cm³/mol. The normalized spacial score (nSPS) is 25.7. The van der Waals surface area contributed by atoms with E-state index in [1.165, 1.54) is 0 Å². The van der Waals surface area contributed by atoms with Crippen molar-refractivity contribution in [2.45, 2.75) is 6.42 Å². The van der Waals surface area contributed by atoms with E-state index >= 15 is 0 Å². The third kappa shape index (κ3) is 11.1. The number of morpholine rings is 2. The van der Waals surface area contributed by atoms with Crippen LogP contribution in [0.15, 0.2) is 0 Å². The van der Waals surface area contributed by atoms with Gasteiger partial charge in [0, 0.05) is 26.2 Å². The summed E-state index contributed by atoms with van der Waals surface area (Å²) in [5.41, 5.74) is 0. The van der Waals surface area contributed by atoms with Crippen LogP contribution in [0.2, 0.25) is 0 Å². The van der Waals surface area contributed by atoms with E-state index in [1.807, 2.05) is 9.80 Å². The van der Waals surface area contributed by atoms with Crippen molar-refractivity contribution in [3.63, 3.8) is 0 Å². The van der Waals surface area contributed by atoms with Crippen LogP contribution in [0, 0.1) is 0 Å². The van der Waals surface area contributed by atoms with Crippen LogP contribution < -0.4 is 0 Å². The van der Waals surface area contributed by atoms with Crippen LogP contribution in [0.3, 0.4) is 0 Å². The molecule has 0 aliphatic carbocycles. The van der Waals surface area contributed by atoms with Crippen LogP contribution >= 0.6 is 7.81 Å². The van der Waals surface area contributed by atoms with Crippen LogP contribution in [-0.4, -0.2) is 68.8 Å². The van der Waals surface area contributed by atoms with Crippen LogP contribution in [0.5, 0.6) is 0 Å². The van der Waals surface area contributed by atoms with Gasteiger partial charge in [-0.15, -0.1) is 0 Å². The fourth-order valence-electron chi connectivity index (χ4n) is 1.81. The second kappa shape index (κ2) is 6.11. The maximum atomic E-state index is 13.9. The number of ether oxygens (including phenoxy) is 2. The van der Waals surface area contributed by atoms with Gasteiger partial charge in [0.25, 0.3) is 0 Å². The Labute approximate surface area is 117 Å². The third-order valence-corrected chi connectivity index (χ3v) is 2.69. The minimum atomic E-state index is -10.7. The number of halogens is 7. The van der Waals surface area contributed by atoms with Crippen LogP contribution in [0.1, 0.15) is 0 Å². The molecular weight excluding hydrogens is 332 g/mol. The summed E-state index contributed by atoms with van der Waals surface area (Å²) in [5, 5.41) is 0. The molecule has 2 aliphatic heterocycles. The van der Waals surface area contributed by atoms with Crippen LogP contribution in [0.4, 0.5) is 29.6 Å². The molecule has 0 atom stereocenters. The van der Waals surface area contributed by atoms with E-state index in [0.29, 0.717) is 52.6 Å². The quantitative estimate of drug-likeness (QED) is 0.434. The Hall–Kier alpha value is -0.220. The van der Waals surface area contributed by atoms with Crippen LogP contribution in [-0.2, 0) is 9.47 Å². The van der Waals surface area contributed by atoms with Gasteiger partial charge in [0.05, 0.1) is 26.4 Å². The molecule has 21 heavy (non-hydrogen) atoms. The van der Waals surface area contributed by atoms with Crippen molar-refractivity contribution in [1.29, 1.82) is 0 Å². The van der Waals surface area contributed by atoms with Crippen molar-refractivity contribution >= 4 is 7.81 Å². The zero-order valence-corrected chi connectivity index (χ0v) is 11.9. The summed E-state index contributed by atoms with van der Waals surface area (Å²) in [5.74, 6) is 0. The SMILES string of the molecule is FC(N1CCOCC1)N1CCOCC1.F[P-](F)(F)(F)(F)F. The Morgan fingerprint density at radius 1 is 0.667 bits per heavy atom. The van der Waals surface area contributed by atoms with Gasteiger partial charge in [-0.25, -0.2) is 4.39 Å². The minimum absolute atomic E-state index is 0.644. The van der Waals surface area contributed by atoms with Crippen LogP contribution in [0.25, 0.3) is 0 Å². The molecule has 0 N–H and O–H groups in total. The Morgan fingerprint density at radius 3 is 1.14 bits per heavy atom. The molecule has 2 fully saturated rings. The second-order valence-electron chi connectivity index (χ2n) is 4.57. The van der Waals surface area contributed by atoms with Gasteiger partial charge in [0.15, 0.2) is 0 Å². The molecule has 130 valence electrons. The van der Waals surface area contributed by atoms with Gasteiger partial charge in [-0.2, -0.15) is 0 Å². The molecule has 0 aromatic heterocycles. The first-order chi connectivity index (χ1) is 9.33. The average molecular weight is 349 g/mol. The number of alkyl halides is 1. The molecule has 0 aromatic carbocycles. The fraction of sp³-hybridized carbons (Fsp3) is 1.00. The first-order valence-corrected chi connectivity index (χ1v) is 8.20. The van der Waals surface area contributed by atoms with Crippen molar-refractivity contribution in [2.75, 3.05) is 52.6 Å². The molecule has 0 amide bonds. The van der Waals surface area contributed by atoms with E-state index in [1.54, 1.807) is 0 Å². The topological polar surface area (TPSA) is 24.9 Å². The molecule has 0 radical (unpaired) electrons. The van der Waals surface area contributed by atoms with E-state index < -0.39 is 14.2 Å². The fourth-order valence-corrected chi connectivity index (χ4v) is 1.81. The zero-order chi connectivity index (χ0) is 16.2. The van der Waals surface area contributed by atoms with Gasteiger partial charge in [-0.1, -0.05) is 0 Å². The Morgan fingerprint density at radius 2 is 0.905 bits per heavy atom. The molecule has 2 heterocycles. The summed E-state index contributed by atoms with van der Waals surface area (Å²) in [6.07, 6.45) is -0.956. The molecule has 2 rings (SSSR count). The van der Waals surface area contributed by atoms with E-state index in [0.717, 1.165) is 0 Å². The maximum absolute atomic E-state index is 13.9. The second-order valence-corrected chi connectivity index (χ2v) is 6.48. The molecule has 12 heteroatoms. The molecular formula is C9H17F7N2O2P-. The standard InChI is InChI=1S/C9H17FN2O2.F6P/c10-9(11-1-5-13-6-2-11)12-3-7-14-8-4-12;1-7(2,3,4,5)6/h9H,1-8H2;/q;-1. The summed E-state index contributed by atoms with van der Waals surface area (Å²) in [6.45, 7) is 5.35. The Bertz CT molecular complexity index is 297. The van der Waals surface area contributed by atoms with Gasteiger partial charge in [0.1, 0.15) is 0 Å². The molecule has 0 aromatic rings. The van der Waals surface area contributed by atoms with E-state index in [4.69, 9.17) is 9.47 Å². The van der Waals surface area contributed by atoms with Gasteiger partial charge >= 0.3 is 33.0 Å². The molecule has 4 nitrogen and oxygen atoms in total. The summed E-state index contributed by atoms with van der Waals surface area (Å²) >= 11 is 0. The van der Waals surface area contributed by atoms with Gasteiger partial charge in [0.2, 0.25) is 6.42 Å². The first kappa shape index (κ1) is 18.8. The van der Waals surface area contributed by atoms with E-state index in [2.05, 4.69) is 0 Å². The summed E-state index contributed by atoms with van der Waals surface area (Å²) in [7, 11) is -10.7. The predicted octanol–water partition coefficient (Wildman–Crippen LogP) is 3.29. The number of rotatable bonds is 2. The van der Waals surface area contributed by atoms with Crippen molar-refractivity contribution in [2.24, 2.45) is 0 Å². The molecule has 0 spiro atoms. The Kier molecular flexibility index (Phi) is 5.48. The summed E-state index contributed by atoms with van der Waals surface area (Å²) < 4.78 is 83.5. The molecule has 0 saturated carbocycles. The summed E-state index contributed by atoms with van der Waals surface area (Å²) in [4.78, 5) is 3.66. The van der Waals surface area contributed by atoms with Gasteiger partial charge in [-0.05, 0) is 0 Å². The molecule has 2 aliphatic rings. The van der Waals surface area contributed by atoms with Crippen molar-refractivity contribution < 1.29 is 39.0 Å². The van der Waals surface area contributed by atoms with Gasteiger partial charge < -0.3 is 9.47 Å². The number of hydrogen-bond donors (Lipinski definition) is 0. The third-order valence-electron chi connectivity index (χ3n) is 2.69. The number of nitrogens with zero attached hydrogens (tertiary/aromatic N) is 2. The monoisotopic (exact) mass is 349 g/mol.